The molecule has 0 saturated carbocycles. The third-order valence-electron chi connectivity index (χ3n) is 2.75. The van der Waals surface area contributed by atoms with E-state index in [2.05, 4.69) is 36.4 Å². The van der Waals surface area contributed by atoms with Crippen molar-refractivity contribution >= 4 is 0 Å². The Morgan fingerprint density at radius 3 is 2.56 bits per heavy atom. The number of hydrogen-bond acceptors (Lipinski definition) is 4. The number of nitrogens with one attached hydrogen (secondary N) is 1. The summed E-state index contributed by atoms with van der Waals surface area (Å²) in [5, 5.41) is 7.47. The minimum Gasteiger partial charge on any atom is -0.361 e. The van der Waals surface area contributed by atoms with Crippen molar-refractivity contribution in [1.29, 1.82) is 0 Å². The molecule has 0 radical (unpaired) electrons. The second kappa shape index (κ2) is 6.01. The molecule has 0 aliphatic rings. The monoisotopic (exact) mass is 225 g/mol. The quantitative estimate of drug-likeness (QED) is 0.751. The van der Waals surface area contributed by atoms with Gasteiger partial charge in [0.1, 0.15) is 5.76 Å². The Kier molecular flexibility index (Phi) is 4.96. The van der Waals surface area contributed by atoms with Gasteiger partial charge in [0.15, 0.2) is 0 Å². The molecule has 0 aromatic carbocycles. The molecule has 0 amide bonds. The molecule has 0 bridgehead atoms. The van der Waals surface area contributed by atoms with Crippen LogP contribution in [0.1, 0.15) is 36.4 Å². The summed E-state index contributed by atoms with van der Waals surface area (Å²) in [5.74, 6) is 0.921. The zero-order valence-electron chi connectivity index (χ0n) is 11.0. The Morgan fingerprint density at radius 1 is 1.38 bits per heavy atom. The first-order valence-corrected chi connectivity index (χ1v) is 5.83. The van der Waals surface area contributed by atoms with Gasteiger partial charge in [-0.3, -0.25) is 0 Å². The molecular formula is C12H23N3O. The second-order valence-corrected chi connectivity index (χ2v) is 4.57. The Hall–Kier alpha value is -0.870. The van der Waals surface area contributed by atoms with Crippen LogP contribution in [-0.2, 0) is 0 Å². The van der Waals surface area contributed by atoms with Crippen LogP contribution >= 0.6 is 0 Å². The van der Waals surface area contributed by atoms with E-state index in [-0.39, 0.29) is 0 Å². The van der Waals surface area contributed by atoms with Crippen LogP contribution in [0.2, 0.25) is 0 Å². The molecular weight excluding hydrogens is 202 g/mol. The predicted octanol–water partition coefficient (Wildman–Crippen LogP) is 1.89. The van der Waals surface area contributed by atoms with Gasteiger partial charge in [-0.15, -0.1) is 0 Å². The fourth-order valence-corrected chi connectivity index (χ4v) is 1.92. The molecule has 1 rings (SSSR count). The lowest BCUT2D eigenvalue weighted by atomic mass is 10.1. The van der Waals surface area contributed by atoms with Crippen molar-refractivity contribution in [2.75, 3.05) is 27.2 Å². The molecule has 0 spiro atoms. The first kappa shape index (κ1) is 13.2. The van der Waals surface area contributed by atoms with Gasteiger partial charge in [-0.2, -0.15) is 0 Å². The van der Waals surface area contributed by atoms with Gasteiger partial charge in [-0.1, -0.05) is 5.16 Å². The summed E-state index contributed by atoms with van der Waals surface area (Å²) in [6, 6.07) is 0.313. The van der Waals surface area contributed by atoms with E-state index < -0.39 is 0 Å². The summed E-state index contributed by atoms with van der Waals surface area (Å²) in [7, 11) is 4.19. The highest BCUT2D eigenvalue weighted by Gasteiger charge is 2.15. The summed E-state index contributed by atoms with van der Waals surface area (Å²) in [6.07, 6.45) is 1.15. The van der Waals surface area contributed by atoms with Crippen molar-refractivity contribution < 1.29 is 4.52 Å². The highest BCUT2D eigenvalue weighted by atomic mass is 16.5. The van der Waals surface area contributed by atoms with Crippen molar-refractivity contribution in [3.8, 4) is 0 Å². The van der Waals surface area contributed by atoms with Crippen LogP contribution in [0.25, 0.3) is 0 Å². The molecule has 0 aliphatic carbocycles. The summed E-state index contributed by atoms with van der Waals surface area (Å²) in [5.41, 5.74) is 2.19. The maximum absolute atomic E-state index is 5.16. The van der Waals surface area contributed by atoms with Crippen molar-refractivity contribution in [2.24, 2.45) is 0 Å². The van der Waals surface area contributed by atoms with Crippen LogP contribution in [0.15, 0.2) is 4.52 Å². The molecule has 16 heavy (non-hydrogen) atoms. The molecule has 0 aliphatic heterocycles. The number of rotatable bonds is 6. The highest BCUT2D eigenvalue weighted by Crippen LogP contribution is 2.20. The Morgan fingerprint density at radius 2 is 2.06 bits per heavy atom. The predicted molar refractivity (Wildman–Crippen MR) is 65.6 cm³/mol. The lowest BCUT2D eigenvalue weighted by Gasteiger charge is -2.15. The molecule has 1 atom stereocenters. The second-order valence-electron chi connectivity index (χ2n) is 4.57. The third kappa shape index (κ3) is 3.61. The Bertz CT molecular complexity index is 301. The van der Waals surface area contributed by atoms with E-state index in [1.165, 1.54) is 5.56 Å². The van der Waals surface area contributed by atoms with Crippen LogP contribution in [0, 0.1) is 13.8 Å². The van der Waals surface area contributed by atoms with Gasteiger partial charge in [0, 0.05) is 11.6 Å². The maximum Gasteiger partial charge on any atom is 0.138 e. The smallest absolute Gasteiger partial charge is 0.138 e. The number of hydrogen-bond donors (Lipinski definition) is 1. The van der Waals surface area contributed by atoms with Crippen LogP contribution in [-0.4, -0.2) is 37.2 Å². The van der Waals surface area contributed by atoms with Crippen LogP contribution < -0.4 is 5.32 Å². The van der Waals surface area contributed by atoms with Crippen molar-refractivity contribution in [2.45, 2.75) is 33.2 Å². The third-order valence-corrected chi connectivity index (χ3v) is 2.75. The van der Waals surface area contributed by atoms with Crippen molar-refractivity contribution in [1.82, 2.24) is 15.4 Å². The molecule has 92 valence electrons. The lowest BCUT2D eigenvalue weighted by molar-refractivity contribution is 0.384. The number of aryl methyl sites for hydroxylation is 2. The van der Waals surface area contributed by atoms with Crippen molar-refractivity contribution in [3.05, 3.63) is 17.0 Å². The van der Waals surface area contributed by atoms with Gasteiger partial charge >= 0.3 is 0 Å². The maximum atomic E-state index is 5.16. The van der Waals surface area contributed by atoms with E-state index >= 15 is 0 Å². The number of nitrogens with zero attached hydrogens (tertiary/aromatic N) is 2. The van der Waals surface area contributed by atoms with Crippen LogP contribution in [0.4, 0.5) is 0 Å². The molecule has 4 nitrogen and oxygen atoms in total. The molecule has 4 heteroatoms. The van der Waals surface area contributed by atoms with E-state index in [1.807, 2.05) is 13.8 Å². The van der Waals surface area contributed by atoms with Crippen molar-refractivity contribution in [3.63, 3.8) is 0 Å². The summed E-state index contributed by atoms with van der Waals surface area (Å²) in [6.45, 7) is 8.24. The first-order chi connectivity index (χ1) is 7.52. The van der Waals surface area contributed by atoms with E-state index in [9.17, 15) is 0 Å². The normalized spacial score (nSPS) is 13.4. The van der Waals surface area contributed by atoms with Gasteiger partial charge < -0.3 is 14.7 Å². The number of aromatic nitrogens is 1. The highest BCUT2D eigenvalue weighted by molar-refractivity contribution is 5.24. The SMILES string of the molecule is Cc1noc(C)c1C(C)NCCCN(C)C. The van der Waals surface area contributed by atoms with E-state index in [1.54, 1.807) is 0 Å². The lowest BCUT2D eigenvalue weighted by Crippen LogP contribution is -2.24. The summed E-state index contributed by atoms with van der Waals surface area (Å²) in [4.78, 5) is 2.20. The minimum atomic E-state index is 0.313. The summed E-state index contributed by atoms with van der Waals surface area (Å²) >= 11 is 0. The Labute approximate surface area is 98.0 Å². The van der Waals surface area contributed by atoms with Crippen LogP contribution in [0.5, 0.6) is 0 Å². The average molecular weight is 225 g/mol. The Balaban J connectivity index is 2.38. The first-order valence-electron chi connectivity index (χ1n) is 5.83. The largest absolute Gasteiger partial charge is 0.361 e. The van der Waals surface area contributed by atoms with E-state index in [4.69, 9.17) is 4.52 Å². The summed E-state index contributed by atoms with van der Waals surface area (Å²) < 4.78 is 5.16. The van der Waals surface area contributed by atoms with Gasteiger partial charge in [0.2, 0.25) is 0 Å². The van der Waals surface area contributed by atoms with Gasteiger partial charge in [0.05, 0.1) is 5.69 Å². The molecule has 1 unspecified atom stereocenters. The minimum absolute atomic E-state index is 0.313. The van der Waals surface area contributed by atoms with E-state index in [0.29, 0.717) is 6.04 Å². The topological polar surface area (TPSA) is 41.3 Å². The van der Waals surface area contributed by atoms with E-state index in [0.717, 1.165) is 31.0 Å². The zero-order valence-corrected chi connectivity index (χ0v) is 11.0. The molecule has 0 fully saturated rings. The molecule has 0 saturated heterocycles. The molecule has 1 aromatic rings. The standard InChI is InChI=1S/C12H23N3O/c1-9(13-7-6-8-15(4)5)12-10(2)14-16-11(12)3/h9,13H,6-8H2,1-5H3. The fourth-order valence-electron chi connectivity index (χ4n) is 1.92. The zero-order chi connectivity index (χ0) is 12.1. The molecule has 1 heterocycles. The van der Waals surface area contributed by atoms with Gasteiger partial charge in [0.25, 0.3) is 0 Å². The average Bonchev–Trinajstić information content (AvgIpc) is 2.53. The molecule has 1 N–H and O–H groups in total. The fraction of sp³-hybridized carbons (Fsp3) is 0.750. The van der Waals surface area contributed by atoms with Gasteiger partial charge in [-0.05, 0) is 54.4 Å². The molecule has 1 aromatic heterocycles. The van der Waals surface area contributed by atoms with Crippen LogP contribution in [0.3, 0.4) is 0 Å². The van der Waals surface area contributed by atoms with Gasteiger partial charge in [-0.25, -0.2) is 0 Å².